The van der Waals surface area contributed by atoms with Gasteiger partial charge in [0.15, 0.2) is 0 Å². The van der Waals surface area contributed by atoms with Crippen LogP contribution >= 0.6 is 0 Å². The molecule has 2 atom stereocenters. The van der Waals surface area contributed by atoms with Gasteiger partial charge in [0.05, 0.1) is 0 Å². The van der Waals surface area contributed by atoms with E-state index in [9.17, 15) is 4.79 Å². The number of carbonyl (C=O) groups excluding carboxylic acids is 1. The van der Waals surface area contributed by atoms with E-state index < -0.39 is 0 Å². The summed E-state index contributed by atoms with van der Waals surface area (Å²) >= 11 is 0. The molecule has 2 aliphatic rings. The molecule has 21 heavy (non-hydrogen) atoms. The van der Waals surface area contributed by atoms with Crippen molar-refractivity contribution in [3.8, 4) is 0 Å². The number of hydrogen-bond donors (Lipinski definition) is 1. The van der Waals surface area contributed by atoms with Crippen LogP contribution in [-0.4, -0.2) is 36.5 Å². The van der Waals surface area contributed by atoms with Crippen LogP contribution in [0.5, 0.6) is 0 Å². The van der Waals surface area contributed by atoms with Crippen molar-refractivity contribution >= 4 is 5.91 Å². The van der Waals surface area contributed by atoms with E-state index >= 15 is 0 Å². The SMILES string of the molecule is CCCNC(CN1CCC(C(C)(C)C)CCC1=O)C1CC1. The molecular formula is C18H34N2O. The number of nitrogens with zero attached hydrogens (tertiary/aromatic N) is 1. The monoisotopic (exact) mass is 294 g/mol. The van der Waals surface area contributed by atoms with E-state index in [1.54, 1.807) is 0 Å². The largest absolute Gasteiger partial charge is 0.341 e. The molecule has 1 aliphatic heterocycles. The Kier molecular flexibility index (Phi) is 5.70. The number of hydrogen-bond acceptors (Lipinski definition) is 2. The molecule has 1 heterocycles. The van der Waals surface area contributed by atoms with Crippen LogP contribution in [-0.2, 0) is 4.79 Å². The molecule has 2 unspecified atom stereocenters. The highest BCUT2D eigenvalue weighted by atomic mass is 16.2. The molecule has 3 nitrogen and oxygen atoms in total. The average Bonchev–Trinajstić information content (AvgIpc) is 3.22. The molecule has 1 amide bonds. The fourth-order valence-corrected chi connectivity index (χ4v) is 3.54. The van der Waals surface area contributed by atoms with Gasteiger partial charge in [0.2, 0.25) is 5.91 Å². The molecule has 1 saturated carbocycles. The fraction of sp³-hybridized carbons (Fsp3) is 0.944. The summed E-state index contributed by atoms with van der Waals surface area (Å²) in [6, 6.07) is 0.528. The Labute approximate surface area is 130 Å². The van der Waals surface area contributed by atoms with Crippen molar-refractivity contribution < 1.29 is 4.79 Å². The summed E-state index contributed by atoms with van der Waals surface area (Å²) in [4.78, 5) is 14.6. The van der Waals surface area contributed by atoms with Crippen molar-refractivity contribution in [2.45, 2.75) is 72.3 Å². The second-order valence-corrected chi connectivity index (χ2v) is 8.13. The van der Waals surface area contributed by atoms with Crippen molar-refractivity contribution in [1.29, 1.82) is 0 Å². The van der Waals surface area contributed by atoms with E-state index in [0.717, 1.165) is 38.4 Å². The predicted octanol–water partition coefficient (Wildman–Crippen LogP) is 3.44. The van der Waals surface area contributed by atoms with Crippen molar-refractivity contribution in [1.82, 2.24) is 10.2 Å². The molecule has 0 aromatic carbocycles. The van der Waals surface area contributed by atoms with Crippen LogP contribution in [0.1, 0.15) is 66.2 Å². The van der Waals surface area contributed by atoms with Crippen LogP contribution in [0.4, 0.5) is 0 Å². The summed E-state index contributed by atoms with van der Waals surface area (Å²) in [5, 5.41) is 3.67. The van der Waals surface area contributed by atoms with Crippen LogP contribution in [0.25, 0.3) is 0 Å². The van der Waals surface area contributed by atoms with E-state index in [2.05, 4.69) is 37.9 Å². The second-order valence-electron chi connectivity index (χ2n) is 8.13. The van der Waals surface area contributed by atoms with Gasteiger partial charge in [0.1, 0.15) is 0 Å². The zero-order valence-electron chi connectivity index (χ0n) is 14.5. The fourth-order valence-electron chi connectivity index (χ4n) is 3.54. The third kappa shape index (κ3) is 4.98. The molecule has 1 saturated heterocycles. The molecule has 0 aromatic rings. The lowest BCUT2D eigenvalue weighted by atomic mass is 9.77. The van der Waals surface area contributed by atoms with Gasteiger partial charge in [-0.3, -0.25) is 4.79 Å². The predicted molar refractivity (Wildman–Crippen MR) is 88.2 cm³/mol. The summed E-state index contributed by atoms with van der Waals surface area (Å²) in [5.74, 6) is 1.87. The lowest BCUT2D eigenvalue weighted by Gasteiger charge is -2.30. The van der Waals surface area contributed by atoms with Crippen LogP contribution < -0.4 is 5.32 Å². The summed E-state index contributed by atoms with van der Waals surface area (Å²) < 4.78 is 0. The van der Waals surface area contributed by atoms with Gasteiger partial charge in [-0.05, 0) is 55.9 Å². The maximum Gasteiger partial charge on any atom is 0.222 e. The Balaban J connectivity index is 1.90. The Morgan fingerprint density at radius 1 is 1.24 bits per heavy atom. The molecule has 1 N–H and O–H groups in total. The zero-order chi connectivity index (χ0) is 15.5. The van der Waals surface area contributed by atoms with E-state index in [4.69, 9.17) is 0 Å². The van der Waals surface area contributed by atoms with E-state index in [0.29, 0.717) is 23.3 Å². The summed E-state index contributed by atoms with van der Waals surface area (Å²) in [5.41, 5.74) is 0.326. The van der Waals surface area contributed by atoms with E-state index in [-0.39, 0.29) is 0 Å². The Bertz CT molecular complexity index is 344. The normalized spacial score (nSPS) is 25.8. The van der Waals surface area contributed by atoms with Crippen molar-refractivity contribution in [2.24, 2.45) is 17.3 Å². The van der Waals surface area contributed by atoms with Crippen LogP contribution in [0.15, 0.2) is 0 Å². The first kappa shape index (κ1) is 16.8. The smallest absolute Gasteiger partial charge is 0.222 e. The number of carbonyl (C=O) groups is 1. The third-order valence-electron chi connectivity index (χ3n) is 5.30. The third-order valence-corrected chi connectivity index (χ3v) is 5.30. The first-order valence-electron chi connectivity index (χ1n) is 8.93. The summed E-state index contributed by atoms with van der Waals surface area (Å²) in [6.45, 7) is 12.1. The van der Waals surface area contributed by atoms with Crippen LogP contribution in [0.3, 0.4) is 0 Å². The maximum absolute atomic E-state index is 12.4. The Hall–Kier alpha value is -0.570. The molecule has 0 spiro atoms. The van der Waals surface area contributed by atoms with Crippen LogP contribution in [0.2, 0.25) is 0 Å². The van der Waals surface area contributed by atoms with Crippen molar-refractivity contribution in [3.05, 3.63) is 0 Å². The number of rotatable bonds is 6. The van der Waals surface area contributed by atoms with Gasteiger partial charge < -0.3 is 10.2 Å². The molecule has 2 fully saturated rings. The lowest BCUT2D eigenvalue weighted by Crippen LogP contribution is -2.45. The summed E-state index contributed by atoms with van der Waals surface area (Å²) in [7, 11) is 0. The van der Waals surface area contributed by atoms with Gasteiger partial charge in [-0.1, -0.05) is 27.7 Å². The van der Waals surface area contributed by atoms with Crippen molar-refractivity contribution in [2.75, 3.05) is 19.6 Å². The molecule has 0 bridgehead atoms. The molecule has 0 radical (unpaired) electrons. The maximum atomic E-state index is 12.4. The quantitative estimate of drug-likeness (QED) is 0.814. The van der Waals surface area contributed by atoms with E-state index in [1.165, 1.54) is 25.7 Å². The Morgan fingerprint density at radius 3 is 2.52 bits per heavy atom. The number of likely N-dealkylation sites (tertiary alicyclic amines) is 1. The Morgan fingerprint density at radius 2 is 1.95 bits per heavy atom. The summed E-state index contributed by atoms with van der Waals surface area (Å²) in [6.07, 6.45) is 6.83. The van der Waals surface area contributed by atoms with Gasteiger partial charge in [0, 0.05) is 25.6 Å². The second kappa shape index (κ2) is 7.13. The van der Waals surface area contributed by atoms with E-state index in [1.807, 2.05) is 0 Å². The molecule has 1 aliphatic carbocycles. The minimum atomic E-state index is 0.326. The average molecular weight is 294 g/mol. The number of amides is 1. The zero-order valence-corrected chi connectivity index (χ0v) is 14.5. The highest BCUT2D eigenvalue weighted by Gasteiger charge is 2.35. The molecule has 122 valence electrons. The van der Waals surface area contributed by atoms with Crippen molar-refractivity contribution in [3.63, 3.8) is 0 Å². The molecule has 2 rings (SSSR count). The highest BCUT2D eigenvalue weighted by molar-refractivity contribution is 5.76. The first-order valence-corrected chi connectivity index (χ1v) is 8.93. The highest BCUT2D eigenvalue weighted by Crippen LogP contribution is 2.36. The molecule has 0 aromatic heterocycles. The molecular weight excluding hydrogens is 260 g/mol. The van der Waals surface area contributed by atoms with Gasteiger partial charge in [-0.15, -0.1) is 0 Å². The van der Waals surface area contributed by atoms with Gasteiger partial charge >= 0.3 is 0 Å². The minimum absolute atomic E-state index is 0.326. The lowest BCUT2D eigenvalue weighted by molar-refractivity contribution is -0.131. The molecule has 3 heteroatoms. The van der Waals surface area contributed by atoms with Gasteiger partial charge in [0.25, 0.3) is 0 Å². The van der Waals surface area contributed by atoms with Gasteiger partial charge in [-0.2, -0.15) is 0 Å². The van der Waals surface area contributed by atoms with Gasteiger partial charge in [-0.25, -0.2) is 0 Å². The number of nitrogens with one attached hydrogen (secondary N) is 1. The topological polar surface area (TPSA) is 32.3 Å². The standard InChI is InChI=1S/C18H34N2O/c1-5-11-19-16(14-6-7-14)13-20-12-10-15(18(2,3)4)8-9-17(20)21/h14-16,19H,5-13H2,1-4H3. The first-order chi connectivity index (χ1) is 9.91. The minimum Gasteiger partial charge on any atom is -0.341 e. The van der Waals surface area contributed by atoms with Crippen LogP contribution in [0, 0.1) is 17.3 Å².